The van der Waals surface area contributed by atoms with Gasteiger partial charge in [-0.1, -0.05) is 83.1 Å². The molecule has 54 heavy (non-hydrogen) atoms. The maximum Gasteiger partial charge on any atom is 0.307 e. The van der Waals surface area contributed by atoms with Crippen LogP contribution in [0.15, 0.2) is 12.7 Å². The summed E-state index contributed by atoms with van der Waals surface area (Å²) in [6, 6.07) is 0. The molecule has 0 spiro atoms. The fraction of sp³-hybridized carbons (Fsp3) is 0.932. The van der Waals surface area contributed by atoms with Crippen LogP contribution in [0.3, 0.4) is 0 Å². The van der Waals surface area contributed by atoms with Crippen molar-refractivity contribution in [1.82, 2.24) is 42.5 Å². The van der Waals surface area contributed by atoms with Crippen molar-refractivity contribution >= 4 is 5.97 Å². The van der Waals surface area contributed by atoms with Crippen molar-refractivity contribution in [1.29, 1.82) is 0 Å². The molecule has 0 aromatic carbocycles. The molecule has 18 atom stereocenters. The van der Waals surface area contributed by atoms with E-state index >= 15 is 0 Å². The standard InChI is InChI=1S/C44H76N8O2/c1-2-3-4-5-6-7-8-9-10-17-26-24-25-33-35(34(26)44(53)54)43-51-41-32-23-16-15-22-31(32)39(49-41)47-37-28-19-12-11-18-27(28)36(45-37)46-38-29-20-13-14-21-30(29)40(48-38)50-42(33)52-43/h2,26-43,45-52H,1,3-25H2,(H,53,54). The molecule has 4 saturated carbocycles. The van der Waals surface area contributed by atoms with Crippen molar-refractivity contribution < 1.29 is 9.90 Å². The minimum Gasteiger partial charge on any atom is -0.481 e. The van der Waals surface area contributed by atoms with E-state index in [1.165, 1.54) is 116 Å². The van der Waals surface area contributed by atoms with Gasteiger partial charge >= 0.3 is 5.97 Å². The first-order chi connectivity index (χ1) is 26.6. The van der Waals surface area contributed by atoms with Gasteiger partial charge in [0, 0.05) is 5.92 Å². The van der Waals surface area contributed by atoms with Gasteiger partial charge in [0.1, 0.15) is 0 Å². The Labute approximate surface area is 326 Å². The number of unbranched alkanes of at least 4 members (excludes halogenated alkanes) is 7. The van der Waals surface area contributed by atoms with Crippen molar-refractivity contribution in [3.63, 3.8) is 0 Å². The number of carboxylic acids is 1. The molecule has 9 aliphatic rings. The van der Waals surface area contributed by atoms with Crippen molar-refractivity contribution in [2.75, 3.05) is 0 Å². The fourth-order valence-corrected chi connectivity index (χ4v) is 14.4. The van der Waals surface area contributed by atoms with Gasteiger partial charge in [-0.25, -0.2) is 0 Å². The highest BCUT2D eigenvalue weighted by molar-refractivity contribution is 5.71. The minimum atomic E-state index is -0.564. The lowest BCUT2D eigenvalue weighted by Gasteiger charge is -2.42. The summed E-state index contributed by atoms with van der Waals surface area (Å²) in [6.07, 6.45) is 32.7. The van der Waals surface area contributed by atoms with Gasteiger partial charge in [-0.3, -0.25) is 47.3 Å². The van der Waals surface area contributed by atoms with E-state index < -0.39 is 5.97 Å². The normalized spacial score (nSPS) is 48.4. The van der Waals surface area contributed by atoms with Gasteiger partial charge in [0.05, 0.1) is 55.2 Å². The molecule has 4 aliphatic carbocycles. The van der Waals surface area contributed by atoms with Gasteiger partial charge in [0.2, 0.25) is 0 Å². The Morgan fingerprint density at radius 3 is 1.20 bits per heavy atom. The van der Waals surface area contributed by atoms with E-state index in [9.17, 15) is 9.90 Å². The third kappa shape index (κ3) is 7.74. The Kier molecular flexibility index (Phi) is 12.4. The lowest BCUT2D eigenvalue weighted by Crippen LogP contribution is -2.62. The first-order valence-corrected chi connectivity index (χ1v) is 23.5. The summed E-state index contributed by atoms with van der Waals surface area (Å²) in [4.78, 5) is 13.5. The molecule has 18 unspecified atom stereocenters. The van der Waals surface area contributed by atoms with Gasteiger partial charge in [0.25, 0.3) is 0 Å². The molecule has 8 bridgehead atoms. The number of nitrogens with one attached hydrogen (secondary N) is 8. The predicted octanol–water partition coefficient (Wildman–Crippen LogP) is 5.84. The summed E-state index contributed by atoms with van der Waals surface area (Å²) in [7, 11) is 0. The second-order valence-corrected chi connectivity index (χ2v) is 19.8. The molecule has 9 rings (SSSR count). The van der Waals surface area contributed by atoms with Crippen LogP contribution in [-0.4, -0.2) is 60.4 Å². The van der Waals surface area contributed by atoms with Crippen LogP contribution in [0.1, 0.15) is 148 Å². The Morgan fingerprint density at radius 1 is 0.463 bits per heavy atom. The second-order valence-electron chi connectivity index (χ2n) is 19.8. The number of rotatable bonds is 11. The van der Waals surface area contributed by atoms with Gasteiger partial charge < -0.3 is 5.11 Å². The number of hydrogen-bond acceptors (Lipinski definition) is 9. The van der Waals surface area contributed by atoms with Crippen LogP contribution in [0.4, 0.5) is 0 Å². The van der Waals surface area contributed by atoms with E-state index in [0.29, 0.717) is 59.9 Å². The highest BCUT2D eigenvalue weighted by Crippen LogP contribution is 2.49. The van der Waals surface area contributed by atoms with Crippen LogP contribution in [-0.2, 0) is 4.79 Å². The van der Waals surface area contributed by atoms with E-state index in [2.05, 4.69) is 49.1 Å². The highest BCUT2D eigenvalue weighted by atomic mass is 16.4. The van der Waals surface area contributed by atoms with Crippen LogP contribution in [0.5, 0.6) is 0 Å². The van der Waals surface area contributed by atoms with Crippen LogP contribution < -0.4 is 42.5 Å². The van der Waals surface area contributed by atoms with Crippen LogP contribution >= 0.6 is 0 Å². The van der Waals surface area contributed by atoms with Gasteiger partial charge in [-0.2, -0.15) is 0 Å². The van der Waals surface area contributed by atoms with E-state index in [4.69, 9.17) is 0 Å². The molecular weight excluding hydrogens is 673 g/mol. The van der Waals surface area contributed by atoms with E-state index in [1.54, 1.807) is 0 Å². The maximum absolute atomic E-state index is 13.5. The Morgan fingerprint density at radius 2 is 0.815 bits per heavy atom. The molecule has 0 aromatic heterocycles. The van der Waals surface area contributed by atoms with Crippen molar-refractivity contribution in [2.45, 2.75) is 197 Å². The Bertz CT molecular complexity index is 1270. The monoisotopic (exact) mass is 749 g/mol. The van der Waals surface area contributed by atoms with E-state index in [0.717, 1.165) is 32.1 Å². The maximum atomic E-state index is 13.5. The third-order valence-corrected chi connectivity index (χ3v) is 16.9. The summed E-state index contributed by atoms with van der Waals surface area (Å²) in [5, 5.41) is 44.6. The molecule has 5 aliphatic heterocycles. The first kappa shape index (κ1) is 38.4. The first-order valence-electron chi connectivity index (χ1n) is 23.5. The van der Waals surface area contributed by atoms with Gasteiger partial charge in [-0.05, 0) is 118 Å². The van der Waals surface area contributed by atoms with Gasteiger partial charge in [0.15, 0.2) is 0 Å². The highest BCUT2D eigenvalue weighted by Gasteiger charge is 2.57. The zero-order valence-electron chi connectivity index (χ0n) is 33.3. The quantitative estimate of drug-likeness (QED) is 0.0939. The summed E-state index contributed by atoms with van der Waals surface area (Å²) >= 11 is 0. The molecular formula is C44H76N8O2. The summed E-state index contributed by atoms with van der Waals surface area (Å²) in [5.41, 5.74) is 0. The van der Waals surface area contributed by atoms with Crippen molar-refractivity contribution in [3.8, 4) is 0 Å². The molecule has 5 saturated heterocycles. The lowest BCUT2D eigenvalue weighted by molar-refractivity contribution is -0.149. The molecule has 0 radical (unpaired) electrons. The fourth-order valence-electron chi connectivity index (χ4n) is 14.4. The number of aliphatic carboxylic acids is 1. The van der Waals surface area contributed by atoms with Gasteiger partial charge in [-0.15, -0.1) is 6.58 Å². The summed E-state index contributed by atoms with van der Waals surface area (Å²) in [5.74, 6) is 3.51. The molecule has 0 aromatic rings. The molecule has 0 amide bonds. The third-order valence-electron chi connectivity index (χ3n) is 16.9. The largest absolute Gasteiger partial charge is 0.481 e. The van der Waals surface area contributed by atoms with Crippen LogP contribution in [0.25, 0.3) is 0 Å². The molecule has 10 heteroatoms. The predicted molar refractivity (Wildman–Crippen MR) is 214 cm³/mol. The van der Waals surface area contributed by atoms with Crippen LogP contribution in [0.2, 0.25) is 0 Å². The number of fused-ring (bicyclic) bond motifs is 20. The molecule has 304 valence electrons. The van der Waals surface area contributed by atoms with Crippen LogP contribution in [0, 0.1) is 59.2 Å². The number of carboxylic acid groups (broad SMARTS) is 1. The zero-order chi connectivity index (χ0) is 36.6. The Balaban J connectivity index is 0.963. The molecule has 5 heterocycles. The Hall–Kier alpha value is -1.11. The zero-order valence-corrected chi connectivity index (χ0v) is 33.3. The summed E-state index contributed by atoms with van der Waals surface area (Å²) < 4.78 is 0. The average molecular weight is 749 g/mol. The minimum absolute atomic E-state index is 0.0205. The second kappa shape index (κ2) is 17.4. The lowest BCUT2D eigenvalue weighted by atomic mass is 9.64. The molecule has 9 N–H and O–H groups in total. The number of allylic oxidation sites excluding steroid dienone is 1. The summed E-state index contributed by atoms with van der Waals surface area (Å²) in [6.45, 7) is 3.86. The SMILES string of the molecule is C=CCCCCCCCCCC1CCC2C3NC4NC(NC5NC(NC6NC(NC(N3)C2C1C(=O)O)C1CCCCC61)C1CCCCC51)C1CCCCC41. The molecule has 9 fully saturated rings. The number of hydrogen-bond donors (Lipinski definition) is 9. The van der Waals surface area contributed by atoms with E-state index in [1.807, 2.05) is 6.08 Å². The van der Waals surface area contributed by atoms with E-state index in [-0.39, 0.29) is 48.6 Å². The molecule has 10 nitrogen and oxygen atoms in total. The van der Waals surface area contributed by atoms with Crippen molar-refractivity contribution in [3.05, 3.63) is 12.7 Å². The number of carbonyl (C=O) groups is 1. The average Bonchev–Trinajstić information content (AvgIpc) is 3.93. The van der Waals surface area contributed by atoms with Crippen molar-refractivity contribution in [2.24, 2.45) is 59.2 Å². The topological polar surface area (TPSA) is 134 Å². The smallest absolute Gasteiger partial charge is 0.307 e.